The molecule has 0 heterocycles. The molecule has 8 heteroatoms. The Labute approximate surface area is 135 Å². The van der Waals surface area contributed by atoms with Gasteiger partial charge in [0.25, 0.3) is 0 Å². The zero-order chi connectivity index (χ0) is 17.8. The third-order valence-corrected chi connectivity index (χ3v) is 3.33. The topological polar surface area (TPSA) is 36.9 Å². The quantitative estimate of drug-likeness (QED) is 0.527. The molecule has 24 heavy (non-hydrogen) atoms. The fourth-order valence-electron chi connectivity index (χ4n) is 2.04. The maximum absolute atomic E-state index is 13.1. The van der Waals surface area contributed by atoms with Gasteiger partial charge in [-0.2, -0.15) is 0 Å². The first-order valence-electron chi connectivity index (χ1n) is 6.91. The van der Waals surface area contributed by atoms with Gasteiger partial charge in [0.15, 0.2) is 0 Å². The first-order valence-corrected chi connectivity index (χ1v) is 6.91. The van der Waals surface area contributed by atoms with Crippen molar-refractivity contribution in [3.05, 3.63) is 47.5 Å². The van der Waals surface area contributed by atoms with Gasteiger partial charge in [-0.1, -0.05) is 24.3 Å². The molecule has 0 saturated carbocycles. The van der Waals surface area contributed by atoms with Crippen LogP contribution in [0.2, 0.25) is 0 Å². The van der Waals surface area contributed by atoms with E-state index in [-0.39, 0.29) is 11.1 Å². The van der Waals surface area contributed by atoms with E-state index in [1.54, 1.807) is 36.4 Å². The molecule has 0 radical (unpaired) electrons. The Hall–Kier alpha value is -1.74. The number of rotatable bonds is 8. The summed E-state index contributed by atoms with van der Waals surface area (Å²) in [5.74, 6) is 0. The van der Waals surface area contributed by atoms with E-state index in [4.69, 9.17) is 0 Å². The molecule has 0 N–H and O–H groups in total. The van der Waals surface area contributed by atoms with Crippen molar-refractivity contribution < 1.29 is 36.5 Å². The van der Waals surface area contributed by atoms with Crippen LogP contribution in [0.5, 0.6) is 0 Å². The fraction of sp³-hybridized carbons (Fsp3) is 0.375. The maximum atomic E-state index is 13.1. The molecular weight excluding hydrogens is 332 g/mol. The lowest BCUT2D eigenvalue weighted by molar-refractivity contribution is -0.390. The van der Waals surface area contributed by atoms with Crippen molar-refractivity contribution in [1.82, 2.24) is 0 Å². The van der Waals surface area contributed by atoms with Crippen LogP contribution in [0.4, 0.5) is 17.6 Å². The van der Waals surface area contributed by atoms with Crippen molar-refractivity contribution >= 4 is 10.8 Å². The monoisotopic (exact) mass is 348 g/mol. The van der Waals surface area contributed by atoms with E-state index in [0.29, 0.717) is 0 Å². The standard InChI is InChI=1S/C16H16F4O4/c1-21-15(17,18)23-9-13-7-11-5-3-4-6-12(11)8-14(13)10-24-16(19,20)22-2/h3-8H,9-10H2,1-2H3. The molecule has 2 aromatic rings. The van der Waals surface area contributed by atoms with Gasteiger partial charge in [-0.15, -0.1) is 17.6 Å². The van der Waals surface area contributed by atoms with Gasteiger partial charge in [-0.3, -0.25) is 18.9 Å². The molecule has 0 aliphatic carbocycles. The number of alkyl halides is 4. The van der Waals surface area contributed by atoms with Crippen LogP contribution in [0.3, 0.4) is 0 Å². The lowest BCUT2D eigenvalue weighted by Gasteiger charge is -2.18. The molecule has 4 nitrogen and oxygen atoms in total. The molecule has 132 valence electrons. The van der Waals surface area contributed by atoms with E-state index < -0.39 is 25.8 Å². The maximum Gasteiger partial charge on any atom is 0.485 e. The van der Waals surface area contributed by atoms with Crippen LogP contribution in [0.1, 0.15) is 11.1 Å². The van der Waals surface area contributed by atoms with Crippen molar-refractivity contribution in [2.75, 3.05) is 14.2 Å². The van der Waals surface area contributed by atoms with Gasteiger partial charge in [0.05, 0.1) is 13.2 Å². The van der Waals surface area contributed by atoms with Gasteiger partial charge >= 0.3 is 12.6 Å². The second-order valence-electron chi connectivity index (χ2n) is 4.88. The summed E-state index contributed by atoms with van der Waals surface area (Å²) < 4.78 is 68.9. The van der Waals surface area contributed by atoms with Crippen molar-refractivity contribution in [3.8, 4) is 0 Å². The summed E-state index contributed by atoms with van der Waals surface area (Å²) in [6, 6.07) is 10.2. The largest absolute Gasteiger partial charge is 0.485 e. The Morgan fingerprint density at radius 1 is 0.750 bits per heavy atom. The number of hydrogen-bond donors (Lipinski definition) is 0. The van der Waals surface area contributed by atoms with E-state index in [0.717, 1.165) is 25.0 Å². The highest BCUT2D eigenvalue weighted by atomic mass is 19.3. The average molecular weight is 348 g/mol. The zero-order valence-electron chi connectivity index (χ0n) is 13.0. The second-order valence-corrected chi connectivity index (χ2v) is 4.88. The summed E-state index contributed by atoms with van der Waals surface area (Å²) >= 11 is 0. The molecule has 0 saturated heterocycles. The smallest absolute Gasteiger partial charge is 0.299 e. The summed E-state index contributed by atoms with van der Waals surface area (Å²) in [6.45, 7) is -1.08. The first-order chi connectivity index (χ1) is 11.3. The van der Waals surface area contributed by atoms with Crippen molar-refractivity contribution in [2.24, 2.45) is 0 Å². The second kappa shape index (κ2) is 7.43. The molecule has 0 fully saturated rings. The highest BCUT2D eigenvalue weighted by Crippen LogP contribution is 2.26. The van der Waals surface area contributed by atoms with Crippen LogP contribution < -0.4 is 0 Å². The predicted octanol–water partition coefficient (Wildman–Crippen LogP) is 4.27. The van der Waals surface area contributed by atoms with Gasteiger partial charge in [-0.25, -0.2) is 0 Å². The highest BCUT2D eigenvalue weighted by molar-refractivity contribution is 5.84. The number of benzene rings is 2. The Kier molecular flexibility index (Phi) is 5.76. The molecule has 0 aliphatic heterocycles. The molecule has 2 rings (SSSR count). The van der Waals surface area contributed by atoms with E-state index in [2.05, 4.69) is 18.9 Å². The lowest BCUT2D eigenvalue weighted by atomic mass is 10.0. The Morgan fingerprint density at radius 2 is 1.12 bits per heavy atom. The minimum atomic E-state index is -3.78. The molecule has 2 aromatic carbocycles. The van der Waals surface area contributed by atoms with Crippen LogP contribution in [-0.4, -0.2) is 26.8 Å². The minimum absolute atomic E-state index is 0.275. The SMILES string of the molecule is COC(F)(F)OCc1cc2ccccc2cc1COC(F)(F)OC. The van der Waals surface area contributed by atoms with E-state index in [1.165, 1.54) is 0 Å². The molecule has 0 bridgehead atoms. The highest BCUT2D eigenvalue weighted by Gasteiger charge is 2.32. The summed E-state index contributed by atoms with van der Waals surface area (Å²) in [6.07, 6.45) is -7.56. The van der Waals surface area contributed by atoms with Gasteiger partial charge in [0.2, 0.25) is 0 Å². The Balaban J connectivity index is 2.29. The third-order valence-electron chi connectivity index (χ3n) is 3.33. The Morgan fingerprint density at radius 3 is 1.46 bits per heavy atom. The summed E-state index contributed by atoms with van der Waals surface area (Å²) in [4.78, 5) is 0. The summed E-state index contributed by atoms with van der Waals surface area (Å²) in [7, 11) is 1.59. The van der Waals surface area contributed by atoms with E-state index in [9.17, 15) is 17.6 Å². The van der Waals surface area contributed by atoms with Crippen LogP contribution >= 0.6 is 0 Å². The number of fused-ring (bicyclic) bond motifs is 1. The van der Waals surface area contributed by atoms with Gasteiger partial charge in [-0.05, 0) is 34.0 Å². The molecule has 0 aliphatic rings. The predicted molar refractivity (Wildman–Crippen MR) is 77.4 cm³/mol. The van der Waals surface area contributed by atoms with Crippen LogP contribution in [0.15, 0.2) is 36.4 Å². The summed E-state index contributed by atoms with van der Waals surface area (Å²) in [5.41, 5.74) is 0.551. The van der Waals surface area contributed by atoms with Gasteiger partial charge in [0.1, 0.15) is 0 Å². The third kappa shape index (κ3) is 4.88. The molecule has 0 amide bonds. The van der Waals surface area contributed by atoms with E-state index >= 15 is 0 Å². The number of halogens is 4. The van der Waals surface area contributed by atoms with Crippen LogP contribution in [0.25, 0.3) is 10.8 Å². The van der Waals surface area contributed by atoms with Crippen molar-refractivity contribution in [2.45, 2.75) is 25.8 Å². The molecule has 0 unspecified atom stereocenters. The normalized spacial score (nSPS) is 12.8. The van der Waals surface area contributed by atoms with Crippen LogP contribution in [0, 0.1) is 0 Å². The summed E-state index contributed by atoms with van der Waals surface area (Å²) in [5, 5.41) is 1.50. The zero-order valence-corrected chi connectivity index (χ0v) is 13.0. The molecule has 0 spiro atoms. The van der Waals surface area contributed by atoms with E-state index in [1.807, 2.05) is 0 Å². The lowest BCUT2D eigenvalue weighted by Crippen LogP contribution is -2.24. The first kappa shape index (κ1) is 18.6. The Bertz CT molecular complexity index is 632. The number of hydrogen-bond acceptors (Lipinski definition) is 4. The van der Waals surface area contributed by atoms with Gasteiger partial charge < -0.3 is 0 Å². The molecule has 0 atom stereocenters. The molecule has 0 aromatic heterocycles. The molecular formula is C16H16F4O4. The average Bonchev–Trinajstić information content (AvgIpc) is 2.58. The van der Waals surface area contributed by atoms with Crippen LogP contribution in [-0.2, 0) is 32.2 Å². The minimum Gasteiger partial charge on any atom is -0.299 e. The number of methoxy groups -OCH3 is 2. The fourth-order valence-corrected chi connectivity index (χ4v) is 2.04. The van der Waals surface area contributed by atoms with Crippen molar-refractivity contribution in [1.29, 1.82) is 0 Å². The van der Waals surface area contributed by atoms with Crippen molar-refractivity contribution in [3.63, 3.8) is 0 Å². The van der Waals surface area contributed by atoms with Gasteiger partial charge in [0, 0.05) is 14.2 Å². The number of ether oxygens (including phenoxy) is 4.